The van der Waals surface area contributed by atoms with E-state index >= 15 is 0 Å². The molecule has 0 aliphatic rings. The minimum atomic E-state index is -0.634. The van der Waals surface area contributed by atoms with E-state index in [0.717, 1.165) is 12.5 Å². The fourth-order valence-electron chi connectivity index (χ4n) is 1.36. The molecular weight excluding hydrogens is 308 g/mol. The van der Waals surface area contributed by atoms with E-state index in [9.17, 15) is 8.78 Å². The van der Waals surface area contributed by atoms with Gasteiger partial charge in [-0.15, -0.1) is 0 Å². The molecule has 100 valence electrons. The van der Waals surface area contributed by atoms with Crippen LogP contribution in [0.1, 0.15) is 19.3 Å². The number of hydrogen-bond donors (Lipinski definition) is 3. The van der Waals surface area contributed by atoms with Gasteiger partial charge in [0.1, 0.15) is 17.5 Å². The molecule has 0 unspecified atom stereocenters. The van der Waals surface area contributed by atoms with Gasteiger partial charge in [-0.1, -0.05) is 5.16 Å². The van der Waals surface area contributed by atoms with Crippen molar-refractivity contribution in [3.63, 3.8) is 0 Å². The number of nitrogens with zero attached hydrogens (tertiary/aromatic N) is 1. The van der Waals surface area contributed by atoms with Crippen molar-refractivity contribution in [1.29, 1.82) is 0 Å². The van der Waals surface area contributed by atoms with Crippen LogP contribution in [0.25, 0.3) is 0 Å². The Morgan fingerprint density at radius 2 is 2.06 bits per heavy atom. The number of nitrogens with one attached hydrogen (secondary N) is 1. The van der Waals surface area contributed by atoms with E-state index in [4.69, 9.17) is 10.9 Å². The van der Waals surface area contributed by atoms with Crippen molar-refractivity contribution in [2.24, 2.45) is 10.9 Å². The Kier molecular flexibility index (Phi) is 5.84. The van der Waals surface area contributed by atoms with Gasteiger partial charge in [0.2, 0.25) is 0 Å². The molecule has 0 radical (unpaired) electrons. The maximum atomic E-state index is 13.3. The number of amidine groups is 1. The lowest BCUT2D eigenvalue weighted by atomic mass is 10.2. The highest BCUT2D eigenvalue weighted by molar-refractivity contribution is 9.10. The van der Waals surface area contributed by atoms with Gasteiger partial charge in [-0.3, -0.25) is 0 Å². The van der Waals surface area contributed by atoms with Gasteiger partial charge >= 0.3 is 0 Å². The van der Waals surface area contributed by atoms with Gasteiger partial charge < -0.3 is 16.3 Å². The Morgan fingerprint density at radius 1 is 1.33 bits per heavy atom. The van der Waals surface area contributed by atoms with Crippen LogP contribution in [0.4, 0.5) is 14.5 Å². The third kappa shape index (κ3) is 4.48. The Morgan fingerprint density at radius 3 is 2.72 bits per heavy atom. The summed E-state index contributed by atoms with van der Waals surface area (Å²) in [6.45, 7) is 0.522. The number of rotatable bonds is 6. The first kappa shape index (κ1) is 14.7. The molecule has 0 atom stereocenters. The van der Waals surface area contributed by atoms with Crippen LogP contribution in [-0.2, 0) is 0 Å². The van der Waals surface area contributed by atoms with Gasteiger partial charge in [-0.05, 0) is 34.8 Å². The van der Waals surface area contributed by atoms with Gasteiger partial charge in [0.15, 0.2) is 0 Å². The quantitative estimate of drug-likeness (QED) is 0.188. The molecular formula is C11H14BrF2N3O. The predicted molar refractivity (Wildman–Crippen MR) is 69.8 cm³/mol. The highest BCUT2D eigenvalue weighted by Gasteiger charge is 2.07. The minimum Gasteiger partial charge on any atom is -0.409 e. The van der Waals surface area contributed by atoms with E-state index in [0.29, 0.717) is 19.4 Å². The summed E-state index contributed by atoms with van der Waals surface area (Å²) < 4.78 is 26.5. The van der Waals surface area contributed by atoms with Crippen molar-refractivity contribution in [3.8, 4) is 0 Å². The van der Waals surface area contributed by atoms with Crippen LogP contribution >= 0.6 is 15.9 Å². The average molecular weight is 322 g/mol. The lowest BCUT2D eigenvalue weighted by molar-refractivity contribution is 0.316. The summed E-state index contributed by atoms with van der Waals surface area (Å²) in [4.78, 5) is 0. The molecule has 0 fully saturated rings. The normalized spacial score (nSPS) is 11.6. The fraction of sp³-hybridized carbons (Fsp3) is 0.364. The zero-order chi connectivity index (χ0) is 13.5. The molecule has 0 aromatic heterocycles. The third-order valence-electron chi connectivity index (χ3n) is 2.31. The Labute approximate surface area is 112 Å². The maximum absolute atomic E-state index is 13.3. The van der Waals surface area contributed by atoms with Crippen molar-refractivity contribution in [2.45, 2.75) is 19.3 Å². The van der Waals surface area contributed by atoms with Crippen LogP contribution in [0.2, 0.25) is 0 Å². The SMILES string of the molecule is N/C(CCCCNc1cc(Br)c(F)cc1F)=N/O. The number of oxime groups is 1. The van der Waals surface area contributed by atoms with Crippen molar-refractivity contribution in [3.05, 3.63) is 28.2 Å². The van der Waals surface area contributed by atoms with Crippen molar-refractivity contribution in [2.75, 3.05) is 11.9 Å². The second-order valence-corrected chi connectivity index (χ2v) is 4.58. The van der Waals surface area contributed by atoms with Crippen LogP contribution in [0.3, 0.4) is 0 Å². The van der Waals surface area contributed by atoms with Gasteiger partial charge in [0, 0.05) is 19.0 Å². The first-order valence-corrected chi connectivity index (χ1v) is 6.18. The zero-order valence-corrected chi connectivity index (χ0v) is 11.2. The molecule has 7 heteroatoms. The van der Waals surface area contributed by atoms with Gasteiger partial charge in [0.05, 0.1) is 10.2 Å². The topological polar surface area (TPSA) is 70.6 Å². The summed E-state index contributed by atoms with van der Waals surface area (Å²) in [6, 6.07) is 2.18. The van der Waals surface area contributed by atoms with Crippen LogP contribution in [0, 0.1) is 11.6 Å². The average Bonchev–Trinajstić information content (AvgIpc) is 2.34. The molecule has 0 aliphatic carbocycles. The monoisotopic (exact) mass is 321 g/mol. The van der Waals surface area contributed by atoms with E-state index < -0.39 is 11.6 Å². The molecule has 4 N–H and O–H groups in total. The highest BCUT2D eigenvalue weighted by Crippen LogP contribution is 2.23. The zero-order valence-electron chi connectivity index (χ0n) is 9.59. The Bertz CT molecular complexity index is 441. The number of nitrogens with two attached hydrogens (primary N) is 1. The van der Waals surface area contributed by atoms with Gasteiger partial charge in [-0.2, -0.15) is 0 Å². The molecule has 0 saturated carbocycles. The van der Waals surface area contributed by atoms with Gasteiger partial charge in [0.25, 0.3) is 0 Å². The molecule has 1 aromatic rings. The van der Waals surface area contributed by atoms with Crippen LogP contribution in [-0.4, -0.2) is 17.6 Å². The van der Waals surface area contributed by atoms with Gasteiger partial charge in [-0.25, -0.2) is 8.78 Å². The number of unbranched alkanes of at least 4 members (excludes halogenated alkanes) is 1. The molecule has 0 saturated heterocycles. The largest absolute Gasteiger partial charge is 0.409 e. The number of anilines is 1. The first-order chi connectivity index (χ1) is 8.54. The van der Waals surface area contributed by atoms with Crippen LogP contribution in [0.5, 0.6) is 0 Å². The standard InChI is InChI=1S/C11H14BrF2N3O/c12-7-5-10(9(14)6-8(7)13)16-4-2-1-3-11(15)17-18/h5-6,16,18H,1-4H2,(H2,15,17). The minimum absolute atomic E-state index is 0.172. The number of hydrogen-bond acceptors (Lipinski definition) is 3. The second-order valence-electron chi connectivity index (χ2n) is 3.72. The summed E-state index contributed by atoms with van der Waals surface area (Å²) in [5, 5.41) is 14.0. The summed E-state index contributed by atoms with van der Waals surface area (Å²) in [5.74, 6) is -1.09. The van der Waals surface area contributed by atoms with Crippen molar-refractivity contribution >= 4 is 27.5 Å². The van der Waals surface area contributed by atoms with E-state index in [2.05, 4.69) is 26.4 Å². The Hall–Kier alpha value is -1.37. The lowest BCUT2D eigenvalue weighted by Gasteiger charge is -2.08. The summed E-state index contributed by atoms with van der Waals surface area (Å²) in [7, 11) is 0. The summed E-state index contributed by atoms with van der Waals surface area (Å²) in [5.41, 5.74) is 5.54. The van der Waals surface area contributed by atoms with Crippen molar-refractivity contribution < 1.29 is 14.0 Å². The molecule has 0 amide bonds. The van der Waals surface area contributed by atoms with Crippen LogP contribution < -0.4 is 11.1 Å². The molecule has 1 rings (SSSR count). The fourth-order valence-corrected chi connectivity index (χ4v) is 1.71. The number of halogens is 3. The molecule has 0 bridgehead atoms. The van der Waals surface area contributed by atoms with E-state index in [1.54, 1.807) is 0 Å². The van der Waals surface area contributed by atoms with E-state index in [1.165, 1.54) is 6.07 Å². The third-order valence-corrected chi connectivity index (χ3v) is 2.92. The maximum Gasteiger partial charge on any atom is 0.149 e. The summed E-state index contributed by atoms with van der Waals surface area (Å²) in [6.07, 6.45) is 1.92. The summed E-state index contributed by atoms with van der Waals surface area (Å²) >= 11 is 2.99. The molecule has 4 nitrogen and oxygen atoms in total. The molecule has 0 heterocycles. The first-order valence-electron chi connectivity index (χ1n) is 5.39. The van der Waals surface area contributed by atoms with Crippen LogP contribution in [0.15, 0.2) is 21.8 Å². The van der Waals surface area contributed by atoms with E-state index in [-0.39, 0.29) is 16.0 Å². The second kappa shape index (κ2) is 7.15. The van der Waals surface area contributed by atoms with Crippen molar-refractivity contribution in [1.82, 2.24) is 0 Å². The molecule has 0 aliphatic heterocycles. The van der Waals surface area contributed by atoms with E-state index in [1.807, 2.05) is 0 Å². The number of benzene rings is 1. The highest BCUT2D eigenvalue weighted by atomic mass is 79.9. The lowest BCUT2D eigenvalue weighted by Crippen LogP contribution is -2.12. The smallest absolute Gasteiger partial charge is 0.149 e. The Balaban J connectivity index is 2.38. The molecule has 18 heavy (non-hydrogen) atoms. The molecule has 0 spiro atoms. The molecule has 1 aromatic carbocycles. The predicted octanol–water partition coefficient (Wildman–Crippen LogP) is 3.06.